The summed E-state index contributed by atoms with van der Waals surface area (Å²) in [5.41, 5.74) is 6.98. The largest absolute Gasteiger partial charge is 0.378 e. The highest BCUT2D eigenvalue weighted by Gasteiger charge is 2.14. The number of aromatic nitrogens is 4. The summed E-state index contributed by atoms with van der Waals surface area (Å²) in [5.74, 6) is 0. The topological polar surface area (TPSA) is 59.0 Å². The Morgan fingerprint density at radius 1 is 1.04 bits per heavy atom. The van der Waals surface area contributed by atoms with E-state index in [2.05, 4.69) is 62.7 Å². The van der Waals surface area contributed by atoms with Gasteiger partial charge in [-0.05, 0) is 29.3 Å². The van der Waals surface area contributed by atoms with Crippen LogP contribution in [0.5, 0.6) is 0 Å². The fourth-order valence-corrected chi connectivity index (χ4v) is 3.79. The number of benzene rings is 2. The molecule has 0 bridgehead atoms. The molecule has 6 nitrogen and oxygen atoms in total. The van der Waals surface area contributed by atoms with Gasteiger partial charge in [-0.3, -0.25) is 9.78 Å². The average Bonchev–Trinajstić information content (AvgIpc) is 3.35. The van der Waals surface area contributed by atoms with Gasteiger partial charge in [-0.1, -0.05) is 24.3 Å². The number of H-pyrrole nitrogens is 1. The molecule has 0 saturated carbocycles. The van der Waals surface area contributed by atoms with Crippen LogP contribution < -0.4 is 4.90 Å². The number of rotatable bonds is 4. The molecule has 6 heteroatoms. The molecule has 142 valence electrons. The molecule has 0 radical (unpaired) electrons. The number of morpholine rings is 1. The van der Waals surface area contributed by atoms with E-state index in [1.54, 1.807) is 0 Å². The molecular formula is C22H23N5O. The lowest BCUT2D eigenvalue weighted by molar-refractivity contribution is 0.122. The zero-order chi connectivity index (χ0) is 18.9. The van der Waals surface area contributed by atoms with Gasteiger partial charge in [-0.15, -0.1) is 0 Å². The fraction of sp³-hybridized carbons (Fsp3) is 0.273. The third-order valence-electron chi connectivity index (χ3n) is 5.37. The minimum atomic E-state index is 0.791. The quantitative estimate of drug-likeness (QED) is 0.596. The summed E-state index contributed by atoms with van der Waals surface area (Å²) >= 11 is 0. The summed E-state index contributed by atoms with van der Waals surface area (Å²) in [6.07, 6.45) is 4.76. The summed E-state index contributed by atoms with van der Waals surface area (Å²) in [6, 6.07) is 15.2. The van der Waals surface area contributed by atoms with Crippen molar-refractivity contribution in [3.8, 4) is 11.1 Å². The number of nitrogens with zero attached hydrogens (tertiary/aromatic N) is 4. The van der Waals surface area contributed by atoms with E-state index in [0.29, 0.717) is 0 Å². The van der Waals surface area contributed by atoms with Crippen LogP contribution in [-0.2, 0) is 18.2 Å². The van der Waals surface area contributed by atoms with E-state index in [9.17, 15) is 0 Å². The molecule has 2 aromatic heterocycles. The Hall–Kier alpha value is -3.12. The van der Waals surface area contributed by atoms with Crippen molar-refractivity contribution in [2.45, 2.75) is 6.42 Å². The maximum Gasteiger partial charge on any atom is 0.0925 e. The van der Waals surface area contributed by atoms with Gasteiger partial charge >= 0.3 is 0 Å². The summed E-state index contributed by atoms with van der Waals surface area (Å²) < 4.78 is 7.30. The van der Waals surface area contributed by atoms with Gasteiger partial charge in [0.2, 0.25) is 0 Å². The lowest BCUT2D eigenvalue weighted by Gasteiger charge is -2.28. The molecule has 1 aliphatic heterocycles. The molecule has 1 saturated heterocycles. The molecule has 0 atom stereocenters. The highest BCUT2D eigenvalue weighted by Crippen LogP contribution is 2.26. The van der Waals surface area contributed by atoms with Crippen molar-refractivity contribution in [2.24, 2.45) is 7.05 Å². The molecule has 1 N–H and O–H groups in total. The molecule has 1 aliphatic rings. The normalized spacial score (nSPS) is 14.7. The van der Waals surface area contributed by atoms with Gasteiger partial charge in [0.25, 0.3) is 0 Å². The Balaban J connectivity index is 1.40. The third kappa shape index (κ3) is 3.27. The molecule has 1 fully saturated rings. The lowest BCUT2D eigenvalue weighted by Crippen LogP contribution is -2.36. The Morgan fingerprint density at radius 3 is 2.61 bits per heavy atom. The number of ether oxygens (including phenoxy) is 1. The standard InChI is InChI=1S/C22H23N5O/c1-26-15-18(14-23-26)17-4-2-16(3-5-17)12-22-20-13-19(6-7-21(20)24-25-22)27-8-10-28-11-9-27/h2-7,13-15H,8-12H2,1H3,(H,24,25). The van der Waals surface area contributed by atoms with Crippen LogP contribution in [-0.4, -0.2) is 46.3 Å². The predicted octanol–water partition coefficient (Wildman–Crippen LogP) is 3.39. The van der Waals surface area contributed by atoms with Crippen LogP contribution in [0.4, 0.5) is 5.69 Å². The molecule has 0 spiro atoms. The Morgan fingerprint density at radius 2 is 1.86 bits per heavy atom. The number of anilines is 1. The number of hydrogen-bond donors (Lipinski definition) is 1. The van der Waals surface area contributed by atoms with Crippen molar-refractivity contribution in [3.05, 3.63) is 66.1 Å². The van der Waals surface area contributed by atoms with Crippen molar-refractivity contribution < 1.29 is 4.74 Å². The number of hydrogen-bond acceptors (Lipinski definition) is 4. The van der Waals surface area contributed by atoms with E-state index in [0.717, 1.165) is 49.5 Å². The van der Waals surface area contributed by atoms with Crippen molar-refractivity contribution in [1.82, 2.24) is 20.0 Å². The van der Waals surface area contributed by atoms with Gasteiger partial charge in [0.05, 0.1) is 24.9 Å². The first-order chi connectivity index (χ1) is 13.8. The second-order valence-corrected chi connectivity index (χ2v) is 7.28. The monoisotopic (exact) mass is 373 g/mol. The molecule has 28 heavy (non-hydrogen) atoms. The number of aryl methyl sites for hydroxylation is 1. The minimum absolute atomic E-state index is 0.791. The minimum Gasteiger partial charge on any atom is -0.378 e. The molecule has 5 rings (SSSR count). The second kappa shape index (κ2) is 7.13. The smallest absolute Gasteiger partial charge is 0.0925 e. The van der Waals surface area contributed by atoms with Gasteiger partial charge in [-0.2, -0.15) is 10.2 Å². The van der Waals surface area contributed by atoms with Crippen molar-refractivity contribution in [1.29, 1.82) is 0 Å². The van der Waals surface area contributed by atoms with Crippen LogP contribution in [0, 0.1) is 0 Å². The van der Waals surface area contributed by atoms with Crippen LogP contribution >= 0.6 is 0 Å². The predicted molar refractivity (Wildman–Crippen MR) is 111 cm³/mol. The number of aromatic amines is 1. The molecule has 4 aromatic rings. The first-order valence-electron chi connectivity index (χ1n) is 9.64. The third-order valence-corrected chi connectivity index (χ3v) is 5.37. The Labute approximate surface area is 163 Å². The zero-order valence-corrected chi connectivity index (χ0v) is 15.9. The van der Waals surface area contributed by atoms with Gasteiger partial charge in [0.1, 0.15) is 0 Å². The summed E-state index contributed by atoms with van der Waals surface area (Å²) in [5, 5.41) is 13.2. The van der Waals surface area contributed by atoms with E-state index < -0.39 is 0 Å². The Bertz CT molecular complexity index is 1090. The van der Waals surface area contributed by atoms with E-state index in [4.69, 9.17) is 4.74 Å². The van der Waals surface area contributed by atoms with E-state index >= 15 is 0 Å². The summed E-state index contributed by atoms with van der Waals surface area (Å²) in [7, 11) is 1.94. The fourth-order valence-electron chi connectivity index (χ4n) is 3.79. The van der Waals surface area contributed by atoms with Crippen LogP contribution in [0.3, 0.4) is 0 Å². The van der Waals surface area contributed by atoms with Gasteiger partial charge in [0, 0.05) is 55.1 Å². The van der Waals surface area contributed by atoms with Crippen LogP contribution in [0.1, 0.15) is 11.3 Å². The lowest BCUT2D eigenvalue weighted by atomic mass is 10.0. The molecule has 0 amide bonds. The van der Waals surface area contributed by atoms with E-state index in [-0.39, 0.29) is 0 Å². The molecule has 0 aliphatic carbocycles. The van der Waals surface area contributed by atoms with Crippen molar-refractivity contribution in [3.63, 3.8) is 0 Å². The maximum atomic E-state index is 5.47. The SMILES string of the molecule is Cn1cc(-c2ccc(Cc3[nH]nc4ccc(N5CCOCC5)cc34)cc2)cn1. The Kier molecular flexibility index (Phi) is 4.33. The first-order valence-corrected chi connectivity index (χ1v) is 9.64. The van der Waals surface area contributed by atoms with Crippen molar-refractivity contribution in [2.75, 3.05) is 31.2 Å². The summed E-state index contributed by atoms with van der Waals surface area (Å²) in [6.45, 7) is 3.46. The van der Waals surface area contributed by atoms with E-state index in [1.807, 2.05) is 24.1 Å². The van der Waals surface area contributed by atoms with Crippen LogP contribution in [0.2, 0.25) is 0 Å². The van der Waals surface area contributed by atoms with E-state index in [1.165, 1.54) is 22.2 Å². The average molecular weight is 373 g/mol. The molecule has 0 unspecified atom stereocenters. The zero-order valence-electron chi connectivity index (χ0n) is 15.9. The van der Waals surface area contributed by atoms with Crippen molar-refractivity contribution >= 4 is 16.6 Å². The highest BCUT2D eigenvalue weighted by molar-refractivity contribution is 5.85. The molecule has 2 aromatic carbocycles. The maximum absolute atomic E-state index is 5.47. The van der Waals surface area contributed by atoms with Gasteiger partial charge in [0.15, 0.2) is 0 Å². The number of fused-ring (bicyclic) bond motifs is 1. The molecular weight excluding hydrogens is 350 g/mol. The van der Waals surface area contributed by atoms with Gasteiger partial charge in [-0.25, -0.2) is 0 Å². The van der Waals surface area contributed by atoms with Crippen LogP contribution in [0.25, 0.3) is 22.0 Å². The van der Waals surface area contributed by atoms with Gasteiger partial charge < -0.3 is 9.64 Å². The highest BCUT2D eigenvalue weighted by atomic mass is 16.5. The summed E-state index contributed by atoms with van der Waals surface area (Å²) in [4.78, 5) is 2.38. The second-order valence-electron chi connectivity index (χ2n) is 7.28. The first kappa shape index (κ1) is 17.0. The molecule has 3 heterocycles. The van der Waals surface area contributed by atoms with Crippen LogP contribution in [0.15, 0.2) is 54.9 Å². The number of nitrogens with one attached hydrogen (secondary N) is 1.